The molecule has 0 saturated heterocycles. The van der Waals surface area contributed by atoms with E-state index in [0.29, 0.717) is 4.88 Å². The van der Waals surface area contributed by atoms with Crippen LogP contribution in [0.3, 0.4) is 0 Å². The highest BCUT2D eigenvalue weighted by atomic mass is 32.2. The number of hydrogen-bond donors (Lipinski definition) is 2. The van der Waals surface area contributed by atoms with Crippen LogP contribution in [0.2, 0.25) is 0 Å². The van der Waals surface area contributed by atoms with Crippen molar-refractivity contribution in [2.75, 3.05) is 0 Å². The van der Waals surface area contributed by atoms with E-state index in [1.807, 2.05) is 0 Å². The van der Waals surface area contributed by atoms with Crippen LogP contribution >= 0.6 is 11.3 Å². The van der Waals surface area contributed by atoms with E-state index in [2.05, 4.69) is 9.82 Å². The molecule has 0 saturated carbocycles. The highest BCUT2D eigenvalue weighted by Crippen LogP contribution is 2.21. The lowest BCUT2D eigenvalue weighted by molar-refractivity contribution is 0.576. The highest BCUT2D eigenvalue weighted by molar-refractivity contribution is 7.89. The molecule has 2 aromatic rings. The second-order valence-electron chi connectivity index (χ2n) is 3.68. The molecule has 18 heavy (non-hydrogen) atoms. The number of thiophene rings is 1. The first-order valence-electron chi connectivity index (χ1n) is 5.27. The van der Waals surface area contributed by atoms with Gasteiger partial charge in [0.2, 0.25) is 10.0 Å². The quantitative estimate of drug-likeness (QED) is 0.833. The maximum atomic E-state index is 12.1. The molecule has 6 nitrogen and oxygen atoms in total. The molecular formula is C10H14N4O2S2. The summed E-state index contributed by atoms with van der Waals surface area (Å²) >= 11 is 1.34. The van der Waals surface area contributed by atoms with Crippen molar-refractivity contribution in [1.82, 2.24) is 14.5 Å². The smallest absolute Gasteiger partial charge is 0.242 e. The van der Waals surface area contributed by atoms with Crippen molar-refractivity contribution in [2.24, 2.45) is 12.8 Å². The number of nitrogens with zero attached hydrogens (tertiary/aromatic N) is 2. The van der Waals surface area contributed by atoms with Gasteiger partial charge in [0.25, 0.3) is 0 Å². The molecule has 2 aromatic heterocycles. The summed E-state index contributed by atoms with van der Waals surface area (Å²) in [5, 5.41) is 5.70. The molecule has 3 N–H and O–H groups in total. The monoisotopic (exact) mass is 286 g/mol. The molecule has 0 aliphatic rings. The van der Waals surface area contributed by atoms with E-state index in [9.17, 15) is 8.42 Å². The van der Waals surface area contributed by atoms with E-state index < -0.39 is 10.0 Å². The Labute approximate surface area is 109 Å². The summed E-state index contributed by atoms with van der Waals surface area (Å²) in [4.78, 5) is 0.921. The first kappa shape index (κ1) is 13.2. The molecule has 0 unspecified atom stereocenters. The van der Waals surface area contributed by atoms with Crippen LogP contribution in [0.15, 0.2) is 28.6 Å². The number of aryl methyl sites for hydroxylation is 1. The minimum Gasteiger partial charge on any atom is -0.326 e. The molecule has 0 aliphatic carbocycles. The summed E-state index contributed by atoms with van der Waals surface area (Å²) in [5.74, 6) is 0. The molecule has 0 aromatic carbocycles. The van der Waals surface area contributed by atoms with Gasteiger partial charge in [-0.2, -0.15) is 5.10 Å². The van der Waals surface area contributed by atoms with Crippen molar-refractivity contribution in [3.05, 3.63) is 34.3 Å². The van der Waals surface area contributed by atoms with Crippen molar-refractivity contribution in [2.45, 2.75) is 18.0 Å². The standard InChI is InChI=1S/C10H14N4O2S2/c1-14-8(2-4-12-14)7-13-18(15,16)10-3-5-17-9(10)6-11/h2-5,13H,6-7,11H2,1H3. The van der Waals surface area contributed by atoms with Crippen LogP contribution < -0.4 is 10.5 Å². The normalized spacial score (nSPS) is 11.9. The Morgan fingerprint density at radius 2 is 2.28 bits per heavy atom. The average molecular weight is 286 g/mol. The van der Waals surface area contributed by atoms with E-state index in [1.54, 1.807) is 35.4 Å². The Bertz CT molecular complexity index is 630. The van der Waals surface area contributed by atoms with Crippen molar-refractivity contribution in [1.29, 1.82) is 0 Å². The molecule has 0 bridgehead atoms. The minimum atomic E-state index is -3.51. The Balaban J connectivity index is 2.16. The van der Waals surface area contributed by atoms with Crippen LogP contribution in [-0.2, 0) is 30.2 Å². The van der Waals surface area contributed by atoms with Crippen molar-refractivity contribution in [3.63, 3.8) is 0 Å². The molecule has 0 fully saturated rings. The fourth-order valence-corrected chi connectivity index (χ4v) is 3.87. The fourth-order valence-electron chi connectivity index (χ4n) is 1.54. The van der Waals surface area contributed by atoms with Gasteiger partial charge in [0.15, 0.2) is 0 Å². The summed E-state index contributed by atoms with van der Waals surface area (Å²) in [6, 6.07) is 3.33. The number of nitrogens with one attached hydrogen (secondary N) is 1. The third kappa shape index (κ3) is 2.61. The Morgan fingerprint density at radius 1 is 1.50 bits per heavy atom. The van der Waals surface area contributed by atoms with Crippen LogP contribution in [0.25, 0.3) is 0 Å². The van der Waals surface area contributed by atoms with E-state index in [0.717, 1.165) is 5.69 Å². The van der Waals surface area contributed by atoms with Gasteiger partial charge < -0.3 is 5.73 Å². The molecule has 0 aliphatic heterocycles. The summed E-state index contributed by atoms with van der Waals surface area (Å²) in [5.41, 5.74) is 6.31. The Morgan fingerprint density at radius 3 is 2.89 bits per heavy atom. The zero-order valence-corrected chi connectivity index (χ0v) is 11.5. The van der Waals surface area contributed by atoms with Gasteiger partial charge in [-0.1, -0.05) is 0 Å². The third-order valence-electron chi connectivity index (χ3n) is 2.55. The Hall–Kier alpha value is -1.22. The van der Waals surface area contributed by atoms with E-state index in [1.165, 1.54) is 11.3 Å². The summed E-state index contributed by atoms with van der Waals surface area (Å²) in [6.45, 7) is 0.429. The zero-order valence-electron chi connectivity index (χ0n) is 9.83. The fraction of sp³-hybridized carbons (Fsp3) is 0.300. The van der Waals surface area contributed by atoms with E-state index in [-0.39, 0.29) is 18.0 Å². The van der Waals surface area contributed by atoms with Gasteiger partial charge in [0, 0.05) is 24.7 Å². The summed E-state index contributed by atoms with van der Waals surface area (Å²) in [6.07, 6.45) is 1.62. The first-order valence-corrected chi connectivity index (χ1v) is 7.64. The first-order chi connectivity index (χ1) is 8.54. The van der Waals surface area contributed by atoms with Crippen LogP contribution in [0.5, 0.6) is 0 Å². The lowest BCUT2D eigenvalue weighted by atomic mass is 10.4. The lowest BCUT2D eigenvalue weighted by Gasteiger charge is -2.07. The zero-order chi connectivity index (χ0) is 13.2. The molecular weight excluding hydrogens is 272 g/mol. The SMILES string of the molecule is Cn1nccc1CNS(=O)(=O)c1ccsc1CN. The van der Waals surface area contributed by atoms with Crippen LogP contribution in [0.1, 0.15) is 10.6 Å². The molecule has 0 atom stereocenters. The third-order valence-corrected chi connectivity index (χ3v) is 5.10. The number of nitrogens with two attached hydrogens (primary N) is 1. The minimum absolute atomic E-state index is 0.207. The predicted octanol–water partition coefficient (Wildman–Crippen LogP) is 0.419. The van der Waals surface area contributed by atoms with E-state index >= 15 is 0 Å². The van der Waals surface area contributed by atoms with Crippen LogP contribution in [0.4, 0.5) is 0 Å². The molecule has 8 heteroatoms. The molecule has 2 heterocycles. The number of rotatable bonds is 5. The van der Waals surface area contributed by atoms with Gasteiger partial charge in [0.05, 0.1) is 17.1 Å². The summed E-state index contributed by atoms with van der Waals surface area (Å²) < 4.78 is 28.3. The van der Waals surface area contributed by atoms with Gasteiger partial charge in [-0.05, 0) is 17.5 Å². The molecule has 0 radical (unpaired) electrons. The van der Waals surface area contributed by atoms with Gasteiger partial charge in [-0.15, -0.1) is 11.3 Å². The number of aromatic nitrogens is 2. The van der Waals surface area contributed by atoms with Crippen molar-refractivity contribution in [3.8, 4) is 0 Å². The van der Waals surface area contributed by atoms with E-state index in [4.69, 9.17) is 5.73 Å². The number of sulfonamides is 1. The topological polar surface area (TPSA) is 90.0 Å². The average Bonchev–Trinajstić information content (AvgIpc) is 2.95. The molecule has 0 amide bonds. The lowest BCUT2D eigenvalue weighted by Crippen LogP contribution is -2.25. The van der Waals surface area contributed by atoms with Gasteiger partial charge in [-0.25, -0.2) is 13.1 Å². The molecule has 0 spiro atoms. The van der Waals surface area contributed by atoms with Gasteiger partial charge in [0.1, 0.15) is 0 Å². The van der Waals surface area contributed by atoms with Gasteiger partial charge >= 0.3 is 0 Å². The second-order valence-corrected chi connectivity index (χ2v) is 6.42. The summed E-state index contributed by atoms with van der Waals surface area (Å²) in [7, 11) is -1.75. The number of hydrogen-bond acceptors (Lipinski definition) is 5. The molecule has 98 valence electrons. The highest BCUT2D eigenvalue weighted by Gasteiger charge is 2.19. The largest absolute Gasteiger partial charge is 0.326 e. The van der Waals surface area contributed by atoms with Crippen molar-refractivity contribution < 1.29 is 8.42 Å². The Kier molecular flexibility index (Phi) is 3.81. The van der Waals surface area contributed by atoms with Crippen LogP contribution in [-0.4, -0.2) is 18.2 Å². The van der Waals surface area contributed by atoms with Crippen molar-refractivity contribution >= 4 is 21.4 Å². The maximum Gasteiger partial charge on any atom is 0.242 e. The maximum absolute atomic E-state index is 12.1. The van der Waals surface area contributed by atoms with Gasteiger partial charge in [-0.3, -0.25) is 4.68 Å². The second kappa shape index (κ2) is 5.19. The van der Waals surface area contributed by atoms with Crippen LogP contribution in [0, 0.1) is 0 Å². The predicted molar refractivity (Wildman–Crippen MR) is 69.4 cm³/mol. The molecule has 2 rings (SSSR count).